The van der Waals surface area contributed by atoms with Gasteiger partial charge in [-0.25, -0.2) is 9.97 Å². The Morgan fingerprint density at radius 3 is 2.85 bits per heavy atom. The van der Waals surface area contributed by atoms with Crippen molar-refractivity contribution in [2.75, 3.05) is 44.0 Å². The van der Waals surface area contributed by atoms with E-state index in [2.05, 4.69) is 27.1 Å². The molecule has 2 aliphatic rings. The van der Waals surface area contributed by atoms with Gasteiger partial charge in [0.2, 0.25) is 0 Å². The molecule has 176 valence electrons. The van der Waals surface area contributed by atoms with Gasteiger partial charge in [-0.3, -0.25) is 9.69 Å². The van der Waals surface area contributed by atoms with E-state index in [1.54, 1.807) is 25.4 Å². The normalized spacial score (nSPS) is 20.7. The number of likely N-dealkylation sites (N-methyl/N-ethyl adjacent to an activating group) is 1. The molecule has 0 bridgehead atoms. The minimum Gasteiger partial charge on any atom is -0.493 e. The SMILES string of the molecule is COc1cc(NC(=O)c2cc3nc(N4CC[C@@]5(CCCN5C)C4)ccc3o2)cn2cc(C)nc12. The van der Waals surface area contributed by atoms with E-state index in [1.165, 1.54) is 19.4 Å². The third-order valence-corrected chi connectivity index (χ3v) is 7.30. The van der Waals surface area contributed by atoms with Gasteiger partial charge in [0.25, 0.3) is 5.91 Å². The number of rotatable bonds is 4. The highest BCUT2D eigenvalue weighted by molar-refractivity contribution is 6.04. The average Bonchev–Trinajstić information content (AvgIpc) is 3.59. The molecule has 4 aromatic rings. The first-order valence-electron chi connectivity index (χ1n) is 11.7. The lowest BCUT2D eigenvalue weighted by Crippen LogP contribution is -2.43. The molecule has 1 atom stereocenters. The number of ether oxygens (including phenoxy) is 1. The number of aromatic nitrogens is 3. The number of furan rings is 1. The second-order valence-electron chi connectivity index (χ2n) is 9.45. The lowest BCUT2D eigenvalue weighted by Gasteiger charge is -2.32. The molecule has 9 nitrogen and oxygen atoms in total. The van der Waals surface area contributed by atoms with Crippen LogP contribution in [0.3, 0.4) is 0 Å². The van der Waals surface area contributed by atoms with Crippen LogP contribution >= 0.6 is 0 Å². The molecular formula is C25H28N6O3. The molecule has 0 aliphatic carbocycles. The Morgan fingerprint density at radius 1 is 1.18 bits per heavy atom. The zero-order chi connectivity index (χ0) is 23.4. The van der Waals surface area contributed by atoms with Gasteiger partial charge in [0.1, 0.15) is 11.3 Å². The van der Waals surface area contributed by atoms with E-state index < -0.39 is 0 Å². The van der Waals surface area contributed by atoms with Crippen LogP contribution in [-0.4, -0.2) is 64.5 Å². The van der Waals surface area contributed by atoms with Crippen LogP contribution in [0, 0.1) is 6.92 Å². The topological polar surface area (TPSA) is 88.1 Å². The fourth-order valence-electron chi connectivity index (χ4n) is 5.44. The van der Waals surface area contributed by atoms with E-state index in [4.69, 9.17) is 14.1 Å². The number of likely N-dealkylation sites (tertiary alicyclic amines) is 1. The Balaban J connectivity index is 1.23. The number of methoxy groups -OCH3 is 1. The van der Waals surface area contributed by atoms with Crippen LogP contribution in [0.2, 0.25) is 0 Å². The van der Waals surface area contributed by atoms with Crippen molar-refractivity contribution in [3.05, 3.63) is 48.1 Å². The number of nitrogens with one attached hydrogen (secondary N) is 1. The van der Waals surface area contributed by atoms with Crippen LogP contribution in [0.25, 0.3) is 16.7 Å². The van der Waals surface area contributed by atoms with Crippen molar-refractivity contribution < 1.29 is 13.9 Å². The Kier molecular flexibility index (Phi) is 4.77. The summed E-state index contributed by atoms with van der Waals surface area (Å²) in [6.45, 7) is 5.06. The van der Waals surface area contributed by atoms with Gasteiger partial charge in [-0.2, -0.15) is 0 Å². The summed E-state index contributed by atoms with van der Waals surface area (Å²) in [5.74, 6) is 1.39. The molecule has 2 saturated heterocycles. The Bertz CT molecular complexity index is 1410. The molecule has 34 heavy (non-hydrogen) atoms. The number of imidazole rings is 1. The molecule has 0 aromatic carbocycles. The second-order valence-corrected chi connectivity index (χ2v) is 9.45. The van der Waals surface area contributed by atoms with Crippen LogP contribution in [0.5, 0.6) is 5.75 Å². The van der Waals surface area contributed by atoms with Crippen molar-refractivity contribution in [1.82, 2.24) is 19.3 Å². The summed E-state index contributed by atoms with van der Waals surface area (Å²) in [5.41, 5.74) is 3.70. The number of anilines is 2. The average molecular weight is 461 g/mol. The molecule has 4 aromatic heterocycles. The third kappa shape index (κ3) is 3.38. The molecule has 6 heterocycles. The first kappa shape index (κ1) is 21.0. The number of carbonyl (C=O) groups is 1. The molecule has 1 amide bonds. The maximum atomic E-state index is 13.0. The number of hydrogen-bond acceptors (Lipinski definition) is 7. The summed E-state index contributed by atoms with van der Waals surface area (Å²) < 4.78 is 13.1. The highest BCUT2D eigenvalue weighted by Crippen LogP contribution is 2.38. The van der Waals surface area contributed by atoms with E-state index in [1.807, 2.05) is 29.7 Å². The number of pyridine rings is 2. The van der Waals surface area contributed by atoms with Crippen molar-refractivity contribution in [1.29, 1.82) is 0 Å². The van der Waals surface area contributed by atoms with Gasteiger partial charge < -0.3 is 23.8 Å². The first-order valence-corrected chi connectivity index (χ1v) is 11.7. The van der Waals surface area contributed by atoms with Gasteiger partial charge in [-0.1, -0.05) is 0 Å². The standard InChI is InChI=1S/C25H28N6O3/c1-16-13-31-14-17(11-20(33-3)23(31)26-16)27-24(32)21-12-18-19(34-21)5-6-22(28-18)30-10-8-25(15-30)7-4-9-29(25)2/h5-6,11-14H,4,7-10,15H2,1-3H3,(H,27,32)/t25-/m0/s1. The Labute approximate surface area is 197 Å². The predicted octanol–water partition coefficient (Wildman–Crippen LogP) is 3.72. The number of nitrogens with zero attached hydrogens (tertiary/aromatic N) is 5. The number of amides is 1. The van der Waals surface area contributed by atoms with Gasteiger partial charge >= 0.3 is 0 Å². The second kappa shape index (κ2) is 7.73. The van der Waals surface area contributed by atoms with E-state index >= 15 is 0 Å². The van der Waals surface area contributed by atoms with E-state index in [9.17, 15) is 4.79 Å². The molecular weight excluding hydrogens is 432 g/mol. The summed E-state index contributed by atoms with van der Waals surface area (Å²) in [6.07, 6.45) is 7.35. The van der Waals surface area contributed by atoms with Gasteiger partial charge in [0.05, 0.1) is 18.5 Å². The molecule has 1 spiro atoms. The molecule has 2 aliphatic heterocycles. The minimum atomic E-state index is -0.342. The van der Waals surface area contributed by atoms with Crippen LogP contribution in [0.15, 0.2) is 41.1 Å². The van der Waals surface area contributed by atoms with Crippen molar-refractivity contribution >= 4 is 34.2 Å². The smallest absolute Gasteiger partial charge is 0.291 e. The quantitative estimate of drug-likeness (QED) is 0.497. The summed E-state index contributed by atoms with van der Waals surface area (Å²) in [6, 6.07) is 7.35. The lowest BCUT2D eigenvalue weighted by atomic mass is 9.96. The highest BCUT2D eigenvalue weighted by atomic mass is 16.5. The summed E-state index contributed by atoms with van der Waals surface area (Å²) in [5, 5.41) is 2.90. The lowest BCUT2D eigenvalue weighted by molar-refractivity contribution is 0.0998. The van der Waals surface area contributed by atoms with E-state index in [0.29, 0.717) is 28.2 Å². The fourth-order valence-corrected chi connectivity index (χ4v) is 5.44. The van der Waals surface area contributed by atoms with Crippen LogP contribution in [0.1, 0.15) is 35.5 Å². The van der Waals surface area contributed by atoms with Crippen LogP contribution in [-0.2, 0) is 0 Å². The van der Waals surface area contributed by atoms with Crippen LogP contribution < -0.4 is 15.0 Å². The fraction of sp³-hybridized carbons (Fsp3) is 0.400. The number of aryl methyl sites for hydroxylation is 1. The summed E-state index contributed by atoms with van der Waals surface area (Å²) in [4.78, 5) is 27.1. The van der Waals surface area contributed by atoms with E-state index in [-0.39, 0.29) is 17.2 Å². The van der Waals surface area contributed by atoms with Gasteiger partial charge in [-0.15, -0.1) is 0 Å². The maximum Gasteiger partial charge on any atom is 0.291 e. The molecule has 2 fully saturated rings. The van der Waals surface area contributed by atoms with Crippen molar-refractivity contribution in [3.8, 4) is 5.75 Å². The largest absolute Gasteiger partial charge is 0.493 e. The van der Waals surface area contributed by atoms with Crippen molar-refractivity contribution in [2.24, 2.45) is 0 Å². The Morgan fingerprint density at radius 2 is 2.06 bits per heavy atom. The monoisotopic (exact) mass is 460 g/mol. The predicted molar refractivity (Wildman–Crippen MR) is 130 cm³/mol. The zero-order valence-corrected chi connectivity index (χ0v) is 19.7. The number of carbonyl (C=O) groups excluding carboxylic acids is 1. The number of hydrogen-bond donors (Lipinski definition) is 1. The number of fused-ring (bicyclic) bond motifs is 2. The molecule has 9 heteroatoms. The molecule has 1 N–H and O–H groups in total. The molecule has 0 radical (unpaired) electrons. The van der Waals surface area contributed by atoms with Crippen molar-refractivity contribution in [2.45, 2.75) is 31.7 Å². The maximum absolute atomic E-state index is 13.0. The minimum absolute atomic E-state index is 0.217. The van der Waals surface area contributed by atoms with E-state index in [0.717, 1.165) is 31.0 Å². The van der Waals surface area contributed by atoms with Crippen molar-refractivity contribution in [3.63, 3.8) is 0 Å². The highest BCUT2D eigenvalue weighted by Gasteiger charge is 2.44. The van der Waals surface area contributed by atoms with Crippen LogP contribution in [0.4, 0.5) is 11.5 Å². The van der Waals surface area contributed by atoms with Gasteiger partial charge in [0.15, 0.2) is 22.7 Å². The third-order valence-electron chi connectivity index (χ3n) is 7.30. The van der Waals surface area contributed by atoms with Gasteiger partial charge in [-0.05, 0) is 51.9 Å². The molecule has 6 rings (SSSR count). The first-order chi connectivity index (χ1) is 16.4. The molecule has 0 unspecified atom stereocenters. The Hall–Kier alpha value is -3.59. The summed E-state index contributed by atoms with van der Waals surface area (Å²) >= 11 is 0. The van der Waals surface area contributed by atoms with Gasteiger partial charge in [0, 0.05) is 43.2 Å². The molecule has 0 saturated carbocycles. The summed E-state index contributed by atoms with van der Waals surface area (Å²) in [7, 11) is 3.82. The zero-order valence-electron chi connectivity index (χ0n) is 19.7.